The highest BCUT2D eigenvalue weighted by molar-refractivity contribution is 5.80. The van der Waals surface area contributed by atoms with Crippen LogP contribution in [0.5, 0.6) is 0 Å². The van der Waals surface area contributed by atoms with Gasteiger partial charge in [-0.25, -0.2) is 0 Å². The number of hydrogen-bond acceptors (Lipinski definition) is 2. The molecule has 2 heterocycles. The molecule has 1 aliphatic heterocycles. The lowest BCUT2D eigenvalue weighted by molar-refractivity contribution is -0.131. The van der Waals surface area contributed by atoms with Crippen LogP contribution in [0.2, 0.25) is 0 Å². The van der Waals surface area contributed by atoms with Gasteiger partial charge in [0.15, 0.2) is 0 Å². The number of aryl methyl sites for hydroxylation is 3. The Morgan fingerprint density at radius 2 is 2.00 bits per heavy atom. The number of carbonyl (C=O) groups is 1. The van der Waals surface area contributed by atoms with Crippen molar-refractivity contribution in [3.63, 3.8) is 0 Å². The van der Waals surface area contributed by atoms with E-state index >= 15 is 0 Å². The number of hydrogen-bond donors (Lipinski definition) is 0. The van der Waals surface area contributed by atoms with Gasteiger partial charge in [0.25, 0.3) is 0 Å². The van der Waals surface area contributed by atoms with Gasteiger partial charge >= 0.3 is 0 Å². The average molecular weight is 311 g/mol. The lowest BCUT2D eigenvalue weighted by atomic mass is 9.99. The lowest BCUT2D eigenvalue weighted by Crippen LogP contribution is -2.32. The van der Waals surface area contributed by atoms with Gasteiger partial charge in [0.2, 0.25) is 5.91 Å². The molecule has 0 bridgehead atoms. The average Bonchev–Trinajstić information content (AvgIpc) is 3.09. The van der Waals surface area contributed by atoms with Gasteiger partial charge in [-0.3, -0.25) is 9.48 Å². The molecule has 1 aliphatic rings. The molecule has 0 saturated carbocycles. The van der Waals surface area contributed by atoms with Crippen LogP contribution in [0.15, 0.2) is 24.3 Å². The van der Waals surface area contributed by atoms with Gasteiger partial charge in [0.05, 0.1) is 18.2 Å². The smallest absolute Gasteiger partial charge is 0.227 e. The molecule has 1 saturated heterocycles. The second-order valence-corrected chi connectivity index (χ2v) is 6.55. The molecule has 1 fully saturated rings. The maximum Gasteiger partial charge on any atom is 0.227 e. The first kappa shape index (κ1) is 15.8. The summed E-state index contributed by atoms with van der Waals surface area (Å²) in [5.41, 5.74) is 5.68. The summed E-state index contributed by atoms with van der Waals surface area (Å²) in [6, 6.07) is 8.64. The van der Waals surface area contributed by atoms with Gasteiger partial charge in [0.1, 0.15) is 0 Å². The van der Waals surface area contributed by atoms with Crippen LogP contribution >= 0.6 is 0 Å². The minimum absolute atomic E-state index is 0.218. The summed E-state index contributed by atoms with van der Waals surface area (Å²) >= 11 is 0. The van der Waals surface area contributed by atoms with E-state index in [1.807, 2.05) is 25.6 Å². The number of likely N-dealkylation sites (tertiary alicyclic amines) is 1. The molecular formula is C19H25N3O. The number of benzene rings is 1. The Hall–Kier alpha value is -2.10. The van der Waals surface area contributed by atoms with Crippen molar-refractivity contribution in [2.75, 3.05) is 6.54 Å². The molecule has 1 amide bonds. The van der Waals surface area contributed by atoms with Gasteiger partial charge < -0.3 is 4.90 Å². The molecule has 0 unspecified atom stereocenters. The molecule has 0 spiro atoms. The Kier molecular flexibility index (Phi) is 4.24. The van der Waals surface area contributed by atoms with Crippen molar-refractivity contribution < 1.29 is 4.79 Å². The highest BCUT2D eigenvalue weighted by Gasteiger charge is 2.31. The highest BCUT2D eigenvalue weighted by atomic mass is 16.2. The maximum atomic E-state index is 12.9. The molecule has 1 aromatic carbocycles. The molecular weight excluding hydrogens is 286 g/mol. The van der Waals surface area contributed by atoms with Crippen molar-refractivity contribution in [3.8, 4) is 0 Å². The van der Waals surface area contributed by atoms with Crippen LogP contribution in [0, 0.1) is 20.8 Å². The van der Waals surface area contributed by atoms with Gasteiger partial charge in [-0.05, 0) is 44.7 Å². The van der Waals surface area contributed by atoms with Crippen LogP contribution in [-0.4, -0.2) is 27.1 Å². The number of nitrogens with zero attached hydrogens (tertiary/aromatic N) is 3. The first-order chi connectivity index (χ1) is 11.0. The third-order valence-corrected chi connectivity index (χ3v) is 5.11. The zero-order chi connectivity index (χ0) is 16.6. The fourth-order valence-corrected chi connectivity index (χ4v) is 3.68. The van der Waals surface area contributed by atoms with E-state index < -0.39 is 0 Å². The monoisotopic (exact) mass is 311 g/mol. The quantitative estimate of drug-likeness (QED) is 0.872. The van der Waals surface area contributed by atoms with Crippen LogP contribution in [0.1, 0.15) is 47.0 Å². The largest absolute Gasteiger partial charge is 0.335 e. The van der Waals surface area contributed by atoms with E-state index in [9.17, 15) is 4.79 Å². The topological polar surface area (TPSA) is 38.1 Å². The van der Waals surface area contributed by atoms with Crippen molar-refractivity contribution in [2.45, 2.75) is 46.1 Å². The first-order valence-electron chi connectivity index (χ1n) is 8.33. The van der Waals surface area contributed by atoms with Crippen molar-refractivity contribution in [2.24, 2.45) is 7.05 Å². The summed E-state index contributed by atoms with van der Waals surface area (Å²) < 4.78 is 1.86. The summed E-state index contributed by atoms with van der Waals surface area (Å²) in [4.78, 5) is 15.0. The third kappa shape index (κ3) is 2.90. The number of carbonyl (C=O) groups excluding carboxylic acids is 1. The predicted octanol–water partition coefficient (Wildman–Crippen LogP) is 3.25. The van der Waals surface area contributed by atoms with Crippen molar-refractivity contribution in [1.82, 2.24) is 14.7 Å². The molecule has 122 valence electrons. The number of aromatic nitrogens is 2. The van der Waals surface area contributed by atoms with Crippen molar-refractivity contribution in [3.05, 3.63) is 52.3 Å². The number of rotatable bonds is 3. The van der Waals surface area contributed by atoms with Crippen molar-refractivity contribution in [1.29, 1.82) is 0 Å². The van der Waals surface area contributed by atoms with Gasteiger partial charge in [-0.15, -0.1) is 0 Å². The Labute approximate surface area is 138 Å². The normalized spacial score (nSPS) is 17.7. The summed E-state index contributed by atoms with van der Waals surface area (Å²) in [5.74, 6) is 0.218. The van der Waals surface area contributed by atoms with Crippen LogP contribution in [0.4, 0.5) is 0 Å². The molecule has 23 heavy (non-hydrogen) atoms. The van der Waals surface area contributed by atoms with E-state index in [0.29, 0.717) is 6.42 Å². The van der Waals surface area contributed by atoms with E-state index in [1.165, 1.54) is 11.1 Å². The molecule has 1 atom stereocenters. The zero-order valence-electron chi connectivity index (χ0n) is 14.5. The molecule has 0 aliphatic carbocycles. The van der Waals surface area contributed by atoms with E-state index in [0.717, 1.165) is 36.3 Å². The summed E-state index contributed by atoms with van der Waals surface area (Å²) in [6.45, 7) is 7.01. The molecule has 2 aromatic rings. The molecule has 1 aromatic heterocycles. The predicted molar refractivity (Wildman–Crippen MR) is 91.3 cm³/mol. The zero-order valence-corrected chi connectivity index (χ0v) is 14.5. The molecule has 0 radical (unpaired) electrons. The maximum absolute atomic E-state index is 12.9. The first-order valence-corrected chi connectivity index (χ1v) is 8.33. The Morgan fingerprint density at radius 3 is 2.65 bits per heavy atom. The lowest BCUT2D eigenvalue weighted by Gasteiger charge is -2.26. The number of amides is 1. The van der Waals surface area contributed by atoms with Crippen LogP contribution in [-0.2, 0) is 18.3 Å². The second kappa shape index (κ2) is 6.19. The molecule has 0 N–H and O–H groups in total. The molecule has 4 heteroatoms. The van der Waals surface area contributed by atoms with Crippen LogP contribution in [0.25, 0.3) is 0 Å². The van der Waals surface area contributed by atoms with Crippen LogP contribution in [0.3, 0.4) is 0 Å². The summed E-state index contributed by atoms with van der Waals surface area (Å²) in [5, 5.41) is 4.43. The standard InChI is InChI=1S/C19H25N3O/c1-13-8-5-6-9-16(13)18-10-7-11-22(18)19(23)12-17-14(2)20-21(4)15(17)3/h5-6,8-9,18H,7,10-12H2,1-4H3/t18-/m1/s1. The Bertz CT molecular complexity index is 732. The van der Waals surface area contributed by atoms with E-state index in [4.69, 9.17) is 0 Å². The Balaban J connectivity index is 1.83. The van der Waals surface area contributed by atoms with E-state index in [-0.39, 0.29) is 11.9 Å². The fourth-order valence-electron chi connectivity index (χ4n) is 3.68. The fraction of sp³-hybridized carbons (Fsp3) is 0.474. The minimum Gasteiger partial charge on any atom is -0.335 e. The highest BCUT2D eigenvalue weighted by Crippen LogP contribution is 2.34. The van der Waals surface area contributed by atoms with Gasteiger partial charge in [0, 0.05) is 24.8 Å². The third-order valence-electron chi connectivity index (χ3n) is 5.11. The molecule has 3 rings (SSSR count). The second-order valence-electron chi connectivity index (χ2n) is 6.55. The molecule has 4 nitrogen and oxygen atoms in total. The van der Waals surface area contributed by atoms with E-state index in [1.54, 1.807) is 0 Å². The Morgan fingerprint density at radius 1 is 1.26 bits per heavy atom. The van der Waals surface area contributed by atoms with Gasteiger partial charge in [-0.2, -0.15) is 5.10 Å². The summed E-state index contributed by atoms with van der Waals surface area (Å²) in [7, 11) is 1.93. The van der Waals surface area contributed by atoms with Gasteiger partial charge in [-0.1, -0.05) is 24.3 Å². The van der Waals surface area contributed by atoms with Crippen molar-refractivity contribution >= 4 is 5.91 Å². The van der Waals surface area contributed by atoms with E-state index in [2.05, 4.69) is 41.2 Å². The summed E-state index contributed by atoms with van der Waals surface area (Å²) in [6.07, 6.45) is 2.59. The SMILES string of the molecule is Cc1ccccc1[C@H]1CCCN1C(=O)Cc1c(C)nn(C)c1C. The minimum atomic E-state index is 0.218. The van der Waals surface area contributed by atoms with Crippen LogP contribution < -0.4 is 0 Å².